The summed E-state index contributed by atoms with van der Waals surface area (Å²) in [6.45, 7) is 2.95. The largest absolute Gasteiger partial charge is 0.504 e. The summed E-state index contributed by atoms with van der Waals surface area (Å²) in [6.07, 6.45) is 3.04. The summed E-state index contributed by atoms with van der Waals surface area (Å²) in [4.78, 5) is 22.6. The number of phenols is 1. The van der Waals surface area contributed by atoms with Crippen molar-refractivity contribution in [1.82, 2.24) is 20.2 Å². The minimum absolute atomic E-state index is 0.0646. The van der Waals surface area contributed by atoms with E-state index < -0.39 is 0 Å². The van der Waals surface area contributed by atoms with Crippen molar-refractivity contribution in [3.8, 4) is 22.8 Å². The number of benzene rings is 1. The Morgan fingerprint density at radius 1 is 1.26 bits per heavy atom. The lowest BCUT2D eigenvalue weighted by Gasteiger charge is -2.26. The second-order valence-electron chi connectivity index (χ2n) is 5.22. The fourth-order valence-electron chi connectivity index (χ4n) is 2.45. The number of aromatic hydroxyl groups is 1. The molecule has 2 heterocycles. The van der Waals surface area contributed by atoms with Crippen LogP contribution in [-0.4, -0.2) is 59.2 Å². The molecule has 1 aliphatic heterocycles. The van der Waals surface area contributed by atoms with Crippen molar-refractivity contribution in [2.45, 2.75) is 0 Å². The van der Waals surface area contributed by atoms with Crippen molar-refractivity contribution in [2.75, 3.05) is 33.3 Å². The van der Waals surface area contributed by atoms with Crippen molar-refractivity contribution in [3.05, 3.63) is 36.3 Å². The molecule has 7 heteroatoms. The monoisotopic (exact) mass is 314 g/mol. The summed E-state index contributed by atoms with van der Waals surface area (Å²) in [7, 11) is 1.49. The average molecular weight is 314 g/mol. The summed E-state index contributed by atoms with van der Waals surface area (Å²) < 4.78 is 5.08. The molecule has 2 aromatic rings. The Morgan fingerprint density at radius 2 is 2.04 bits per heavy atom. The Morgan fingerprint density at radius 3 is 2.70 bits per heavy atom. The average Bonchev–Trinajstić information content (AvgIpc) is 2.62. The van der Waals surface area contributed by atoms with Crippen LogP contribution in [-0.2, 0) is 0 Å². The number of phenolic OH excluding ortho intramolecular Hbond substituents is 1. The van der Waals surface area contributed by atoms with Crippen LogP contribution in [0.1, 0.15) is 10.5 Å². The molecule has 23 heavy (non-hydrogen) atoms. The number of amides is 1. The lowest BCUT2D eigenvalue weighted by molar-refractivity contribution is 0.0729. The number of piperazine rings is 1. The highest BCUT2D eigenvalue weighted by Gasteiger charge is 2.19. The molecule has 1 saturated heterocycles. The van der Waals surface area contributed by atoms with Gasteiger partial charge in [-0.2, -0.15) is 0 Å². The molecule has 1 aliphatic rings. The molecule has 1 aromatic carbocycles. The van der Waals surface area contributed by atoms with Gasteiger partial charge in [0.05, 0.1) is 25.2 Å². The molecule has 0 bridgehead atoms. The molecular formula is C16H18N4O3. The van der Waals surface area contributed by atoms with E-state index in [1.54, 1.807) is 23.2 Å². The minimum Gasteiger partial charge on any atom is -0.504 e. The minimum atomic E-state index is -0.103. The van der Waals surface area contributed by atoms with Gasteiger partial charge in [-0.3, -0.25) is 9.78 Å². The molecule has 0 radical (unpaired) electrons. The van der Waals surface area contributed by atoms with Crippen molar-refractivity contribution in [1.29, 1.82) is 0 Å². The Hall–Kier alpha value is -2.67. The number of carbonyl (C=O) groups is 1. The van der Waals surface area contributed by atoms with E-state index in [0.717, 1.165) is 18.7 Å². The zero-order chi connectivity index (χ0) is 16.2. The maximum absolute atomic E-state index is 12.3. The highest BCUT2D eigenvalue weighted by molar-refractivity contribution is 5.92. The number of nitrogens with zero attached hydrogens (tertiary/aromatic N) is 3. The van der Waals surface area contributed by atoms with E-state index in [4.69, 9.17) is 4.74 Å². The van der Waals surface area contributed by atoms with Crippen molar-refractivity contribution in [2.24, 2.45) is 0 Å². The van der Waals surface area contributed by atoms with Crippen LogP contribution < -0.4 is 10.1 Å². The molecule has 1 amide bonds. The second kappa shape index (κ2) is 6.62. The van der Waals surface area contributed by atoms with Crippen LogP contribution in [0.4, 0.5) is 0 Å². The zero-order valence-electron chi connectivity index (χ0n) is 12.8. The lowest BCUT2D eigenvalue weighted by Crippen LogP contribution is -2.46. The van der Waals surface area contributed by atoms with E-state index in [1.807, 2.05) is 0 Å². The molecule has 120 valence electrons. The smallest absolute Gasteiger partial charge is 0.274 e. The van der Waals surface area contributed by atoms with E-state index in [-0.39, 0.29) is 11.7 Å². The van der Waals surface area contributed by atoms with Crippen LogP contribution in [0.3, 0.4) is 0 Å². The van der Waals surface area contributed by atoms with E-state index in [0.29, 0.717) is 30.2 Å². The van der Waals surface area contributed by atoms with Gasteiger partial charge in [-0.05, 0) is 18.2 Å². The fraction of sp³-hybridized carbons (Fsp3) is 0.312. The fourth-order valence-corrected chi connectivity index (χ4v) is 2.45. The van der Waals surface area contributed by atoms with E-state index >= 15 is 0 Å². The first-order valence-electron chi connectivity index (χ1n) is 7.38. The Labute approximate surface area is 133 Å². The summed E-state index contributed by atoms with van der Waals surface area (Å²) in [5.74, 6) is 0.328. The third kappa shape index (κ3) is 3.24. The molecule has 1 aromatic heterocycles. The maximum atomic E-state index is 12.3. The third-order valence-electron chi connectivity index (χ3n) is 3.75. The first-order valence-corrected chi connectivity index (χ1v) is 7.38. The van der Waals surface area contributed by atoms with Crippen molar-refractivity contribution >= 4 is 5.91 Å². The molecule has 1 fully saturated rings. The Kier molecular flexibility index (Phi) is 4.38. The number of hydrogen-bond acceptors (Lipinski definition) is 6. The third-order valence-corrected chi connectivity index (χ3v) is 3.75. The van der Waals surface area contributed by atoms with Crippen LogP contribution in [0.5, 0.6) is 11.5 Å². The van der Waals surface area contributed by atoms with Gasteiger partial charge in [-0.1, -0.05) is 0 Å². The molecule has 0 spiro atoms. The molecule has 7 nitrogen and oxygen atoms in total. The first-order chi connectivity index (χ1) is 11.2. The Balaban J connectivity index is 1.80. The number of ether oxygens (including phenoxy) is 1. The quantitative estimate of drug-likeness (QED) is 0.875. The lowest BCUT2D eigenvalue weighted by atomic mass is 10.1. The predicted molar refractivity (Wildman–Crippen MR) is 84.5 cm³/mol. The van der Waals surface area contributed by atoms with Gasteiger partial charge < -0.3 is 20.1 Å². The van der Waals surface area contributed by atoms with E-state index in [1.165, 1.54) is 19.4 Å². The van der Waals surface area contributed by atoms with Crippen molar-refractivity contribution < 1.29 is 14.6 Å². The second-order valence-corrected chi connectivity index (χ2v) is 5.22. The number of rotatable bonds is 3. The molecular weight excluding hydrogens is 296 g/mol. The molecule has 3 rings (SSSR count). The number of aromatic nitrogens is 2. The molecule has 2 N–H and O–H groups in total. The summed E-state index contributed by atoms with van der Waals surface area (Å²) >= 11 is 0. The van der Waals surface area contributed by atoms with Gasteiger partial charge in [0.25, 0.3) is 5.91 Å². The van der Waals surface area contributed by atoms with Gasteiger partial charge in [-0.25, -0.2) is 4.98 Å². The van der Waals surface area contributed by atoms with Crippen LogP contribution >= 0.6 is 0 Å². The zero-order valence-corrected chi connectivity index (χ0v) is 12.8. The highest BCUT2D eigenvalue weighted by Crippen LogP contribution is 2.30. The van der Waals surface area contributed by atoms with E-state index in [2.05, 4.69) is 15.3 Å². The van der Waals surface area contributed by atoms with Crippen LogP contribution in [0.2, 0.25) is 0 Å². The summed E-state index contributed by atoms with van der Waals surface area (Å²) in [5.41, 5.74) is 1.70. The van der Waals surface area contributed by atoms with Crippen LogP contribution in [0.25, 0.3) is 11.3 Å². The summed E-state index contributed by atoms with van der Waals surface area (Å²) in [5, 5.41) is 12.8. The molecule has 0 atom stereocenters. The number of carbonyl (C=O) groups excluding carboxylic acids is 1. The highest BCUT2D eigenvalue weighted by atomic mass is 16.5. The van der Waals surface area contributed by atoms with Gasteiger partial charge in [0.1, 0.15) is 5.69 Å². The van der Waals surface area contributed by atoms with Crippen LogP contribution in [0.15, 0.2) is 30.6 Å². The number of hydrogen-bond donors (Lipinski definition) is 2. The number of methoxy groups -OCH3 is 1. The predicted octanol–water partition coefficient (Wildman–Crippen LogP) is 0.903. The standard InChI is InChI=1S/C16H18N4O3/c1-23-15-8-11(2-3-14(15)21)12-9-19-13(10-18-12)16(22)20-6-4-17-5-7-20/h2-3,8-10,17,21H,4-7H2,1H3. The molecule has 0 unspecified atom stereocenters. The van der Waals surface area contributed by atoms with Gasteiger partial charge >= 0.3 is 0 Å². The Bertz CT molecular complexity index is 697. The van der Waals surface area contributed by atoms with E-state index in [9.17, 15) is 9.90 Å². The number of nitrogens with one attached hydrogen (secondary N) is 1. The van der Waals surface area contributed by atoms with Gasteiger partial charge in [0, 0.05) is 31.7 Å². The SMILES string of the molecule is COc1cc(-c2cnc(C(=O)N3CCNCC3)cn2)ccc1O. The maximum Gasteiger partial charge on any atom is 0.274 e. The van der Waals surface area contributed by atoms with Gasteiger partial charge in [-0.15, -0.1) is 0 Å². The van der Waals surface area contributed by atoms with Gasteiger partial charge in [0.15, 0.2) is 11.5 Å². The van der Waals surface area contributed by atoms with Gasteiger partial charge in [0.2, 0.25) is 0 Å². The van der Waals surface area contributed by atoms with Crippen molar-refractivity contribution in [3.63, 3.8) is 0 Å². The van der Waals surface area contributed by atoms with Crippen LogP contribution in [0, 0.1) is 0 Å². The topological polar surface area (TPSA) is 87.6 Å². The summed E-state index contributed by atoms with van der Waals surface area (Å²) in [6, 6.07) is 4.94. The molecule has 0 aliphatic carbocycles. The first kappa shape index (κ1) is 15.2. The normalized spacial score (nSPS) is 14.6. The molecule has 0 saturated carbocycles.